The second-order valence-electron chi connectivity index (χ2n) is 7.06. The number of hydrogen-bond donors (Lipinski definition) is 2. The summed E-state index contributed by atoms with van der Waals surface area (Å²) in [6.45, 7) is 0.621. The van der Waals surface area contributed by atoms with Gasteiger partial charge in [-0.2, -0.15) is 0 Å². The van der Waals surface area contributed by atoms with Gasteiger partial charge in [-0.15, -0.1) is 0 Å². The summed E-state index contributed by atoms with van der Waals surface area (Å²) >= 11 is 5.67. The Bertz CT molecular complexity index is 1220. The van der Waals surface area contributed by atoms with Gasteiger partial charge in [-0.3, -0.25) is 19.0 Å². The third kappa shape index (κ3) is 4.04. The molecule has 4 rings (SSSR count). The Balaban J connectivity index is 1.55. The van der Waals surface area contributed by atoms with Crippen LogP contribution in [0.15, 0.2) is 41.2 Å². The van der Waals surface area contributed by atoms with E-state index < -0.39 is 17.6 Å². The molecule has 0 saturated carbocycles. The first-order valence-electron chi connectivity index (χ1n) is 9.53. The number of benzene rings is 2. The van der Waals surface area contributed by atoms with E-state index in [0.29, 0.717) is 23.1 Å². The van der Waals surface area contributed by atoms with Crippen molar-refractivity contribution in [1.29, 1.82) is 0 Å². The molecule has 9 heteroatoms. The number of carbonyl (C=O) groups is 2. The van der Waals surface area contributed by atoms with Gasteiger partial charge < -0.3 is 10.6 Å². The second-order valence-corrected chi connectivity index (χ2v) is 7.47. The molecule has 1 aliphatic rings. The van der Waals surface area contributed by atoms with Crippen molar-refractivity contribution in [3.05, 3.63) is 63.4 Å². The molecular formula is C21H18ClFN4O3. The molecule has 2 heterocycles. The van der Waals surface area contributed by atoms with E-state index in [0.717, 1.165) is 37.6 Å². The van der Waals surface area contributed by atoms with E-state index >= 15 is 0 Å². The molecule has 1 aliphatic heterocycles. The second kappa shape index (κ2) is 8.23. The van der Waals surface area contributed by atoms with Gasteiger partial charge in [-0.25, -0.2) is 9.37 Å². The van der Waals surface area contributed by atoms with Crippen LogP contribution < -0.4 is 16.2 Å². The van der Waals surface area contributed by atoms with Gasteiger partial charge in [0.05, 0.1) is 15.9 Å². The van der Waals surface area contributed by atoms with E-state index in [9.17, 15) is 18.8 Å². The minimum absolute atomic E-state index is 0.154. The molecule has 30 heavy (non-hydrogen) atoms. The summed E-state index contributed by atoms with van der Waals surface area (Å²) in [5.41, 5.74) is 0.882. The Morgan fingerprint density at radius 1 is 1.00 bits per heavy atom. The monoisotopic (exact) mass is 428 g/mol. The Kier molecular flexibility index (Phi) is 5.50. The average molecular weight is 429 g/mol. The molecule has 154 valence electrons. The fourth-order valence-corrected chi connectivity index (χ4v) is 3.63. The number of aromatic nitrogens is 2. The lowest BCUT2D eigenvalue weighted by atomic mass is 10.2. The van der Waals surface area contributed by atoms with Gasteiger partial charge >= 0.3 is 11.8 Å². The SMILES string of the molecule is O=C(Nc1ccc(F)c(Cl)c1)C(=O)Nc1ccc2nc3n(c(=O)c2c1)CCCCC3. The van der Waals surface area contributed by atoms with E-state index in [4.69, 9.17) is 11.6 Å². The van der Waals surface area contributed by atoms with Crippen LogP contribution in [0.5, 0.6) is 0 Å². The highest BCUT2D eigenvalue weighted by Gasteiger charge is 2.17. The maximum absolute atomic E-state index is 13.2. The third-order valence-electron chi connectivity index (χ3n) is 4.96. The van der Waals surface area contributed by atoms with E-state index in [1.165, 1.54) is 18.2 Å². The number of rotatable bonds is 2. The maximum atomic E-state index is 13.2. The van der Waals surface area contributed by atoms with Gasteiger partial charge in [0, 0.05) is 24.3 Å². The normalized spacial score (nSPS) is 13.4. The Labute approximate surface area is 175 Å². The summed E-state index contributed by atoms with van der Waals surface area (Å²) in [4.78, 5) is 41.9. The van der Waals surface area contributed by atoms with E-state index in [1.54, 1.807) is 16.7 Å². The molecule has 3 aromatic rings. The van der Waals surface area contributed by atoms with Gasteiger partial charge in [-0.05, 0) is 49.2 Å². The molecule has 0 unspecified atom stereocenters. The highest BCUT2D eigenvalue weighted by molar-refractivity contribution is 6.43. The number of nitrogens with zero attached hydrogens (tertiary/aromatic N) is 2. The fraction of sp³-hybridized carbons (Fsp3) is 0.238. The average Bonchev–Trinajstić information content (AvgIpc) is 2.97. The molecule has 2 N–H and O–H groups in total. The molecular weight excluding hydrogens is 411 g/mol. The number of amides is 2. The summed E-state index contributed by atoms with van der Waals surface area (Å²) in [6.07, 6.45) is 3.73. The number of aryl methyl sites for hydroxylation is 1. The van der Waals surface area contributed by atoms with Gasteiger partial charge in [0.25, 0.3) is 5.56 Å². The van der Waals surface area contributed by atoms with Crippen LogP contribution >= 0.6 is 11.6 Å². The number of nitrogens with one attached hydrogen (secondary N) is 2. The minimum atomic E-state index is -0.949. The summed E-state index contributed by atoms with van der Waals surface area (Å²) in [5.74, 6) is -1.74. The topological polar surface area (TPSA) is 93.1 Å². The highest BCUT2D eigenvalue weighted by Crippen LogP contribution is 2.20. The zero-order valence-electron chi connectivity index (χ0n) is 15.9. The van der Waals surface area contributed by atoms with Crippen molar-refractivity contribution in [2.75, 3.05) is 10.6 Å². The quantitative estimate of drug-likeness (QED) is 0.611. The standard InChI is InChI=1S/C21H18ClFN4O3/c22-15-11-13(5-7-16(15)23)25-20(29)19(28)24-12-6-8-17-14(10-12)21(30)27-9-3-1-2-4-18(27)26-17/h5-8,10-11H,1-4,9H2,(H,24,28)(H,25,29). The van der Waals surface area contributed by atoms with E-state index in [1.807, 2.05) is 0 Å². The zero-order valence-corrected chi connectivity index (χ0v) is 16.6. The van der Waals surface area contributed by atoms with Gasteiger partial charge in [0.2, 0.25) is 0 Å². The van der Waals surface area contributed by atoms with Gasteiger partial charge in [0.1, 0.15) is 11.6 Å². The first kappa shape index (κ1) is 20.0. The maximum Gasteiger partial charge on any atom is 0.314 e. The number of hydrogen-bond acceptors (Lipinski definition) is 4. The number of fused-ring (bicyclic) bond motifs is 2. The Morgan fingerprint density at radius 3 is 2.43 bits per heavy atom. The molecule has 0 aliphatic carbocycles. The first-order valence-corrected chi connectivity index (χ1v) is 9.91. The van der Waals surface area contributed by atoms with Crippen molar-refractivity contribution < 1.29 is 14.0 Å². The molecule has 2 aromatic carbocycles. The number of halogens is 2. The van der Waals surface area contributed by atoms with E-state index in [-0.39, 0.29) is 16.3 Å². The number of anilines is 2. The van der Waals surface area contributed by atoms with Crippen molar-refractivity contribution in [2.24, 2.45) is 0 Å². The van der Waals surface area contributed by atoms with Gasteiger partial charge in [0.15, 0.2) is 0 Å². The van der Waals surface area contributed by atoms with Crippen molar-refractivity contribution in [3.63, 3.8) is 0 Å². The Morgan fingerprint density at radius 2 is 1.70 bits per heavy atom. The van der Waals surface area contributed by atoms with Crippen molar-refractivity contribution >= 4 is 45.7 Å². The molecule has 1 aromatic heterocycles. The molecule has 0 bridgehead atoms. The lowest BCUT2D eigenvalue weighted by molar-refractivity contribution is -0.132. The first-order chi connectivity index (χ1) is 14.4. The van der Waals surface area contributed by atoms with Crippen molar-refractivity contribution in [2.45, 2.75) is 32.2 Å². The van der Waals surface area contributed by atoms with Crippen LogP contribution in [0.1, 0.15) is 25.1 Å². The summed E-state index contributed by atoms with van der Waals surface area (Å²) in [6, 6.07) is 8.33. The predicted molar refractivity (Wildman–Crippen MR) is 112 cm³/mol. The molecule has 0 saturated heterocycles. The lowest BCUT2D eigenvalue weighted by Crippen LogP contribution is -2.29. The van der Waals surface area contributed by atoms with Crippen LogP contribution in [-0.2, 0) is 22.6 Å². The Hall–Kier alpha value is -3.26. The fourth-order valence-electron chi connectivity index (χ4n) is 3.45. The predicted octanol–water partition coefficient (Wildman–Crippen LogP) is 3.49. The summed E-state index contributed by atoms with van der Waals surface area (Å²) < 4.78 is 14.9. The zero-order chi connectivity index (χ0) is 21.3. The molecule has 0 spiro atoms. The van der Waals surface area contributed by atoms with Crippen molar-refractivity contribution in [1.82, 2.24) is 9.55 Å². The van der Waals surface area contributed by atoms with Crippen LogP contribution in [0.3, 0.4) is 0 Å². The van der Waals surface area contributed by atoms with Crippen LogP contribution in [0.4, 0.5) is 15.8 Å². The molecule has 7 nitrogen and oxygen atoms in total. The molecule has 0 fully saturated rings. The largest absolute Gasteiger partial charge is 0.318 e. The van der Waals surface area contributed by atoms with Crippen LogP contribution in [-0.4, -0.2) is 21.4 Å². The van der Waals surface area contributed by atoms with Crippen LogP contribution in [0, 0.1) is 5.82 Å². The number of carbonyl (C=O) groups excluding carboxylic acids is 2. The minimum Gasteiger partial charge on any atom is -0.318 e. The summed E-state index contributed by atoms with van der Waals surface area (Å²) in [7, 11) is 0. The van der Waals surface area contributed by atoms with Crippen LogP contribution in [0.25, 0.3) is 10.9 Å². The molecule has 0 radical (unpaired) electrons. The van der Waals surface area contributed by atoms with E-state index in [2.05, 4.69) is 15.6 Å². The summed E-state index contributed by atoms with van der Waals surface area (Å²) in [5, 5.41) is 5.02. The van der Waals surface area contributed by atoms with Gasteiger partial charge in [-0.1, -0.05) is 18.0 Å². The third-order valence-corrected chi connectivity index (χ3v) is 5.25. The molecule has 2 amide bonds. The highest BCUT2D eigenvalue weighted by atomic mass is 35.5. The van der Waals surface area contributed by atoms with Crippen molar-refractivity contribution in [3.8, 4) is 0 Å². The smallest absolute Gasteiger partial charge is 0.314 e. The molecule has 0 atom stereocenters. The lowest BCUT2D eigenvalue weighted by Gasteiger charge is -2.11. The van der Waals surface area contributed by atoms with Crippen LogP contribution in [0.2, 0.25) is 5.02 Å².